The van der Waals surface area contributed by atoms with Gasteiger partial charge in [-0.15, -0.1) is 10.1 Å². The lowest BCUT2D eigenvalue weighted by Crippen LogP contribution is -2.51. The molecule has 0 aliphatic heterocycles. The van der Waals surface area contributed by atoms with Crippen LogP contribution in [0.1, 0.15) is 24.8 Å². The summed E-state index contributed by atoms with van der Waals surface area (Å²) < 4.78 is 26.5. The van der Waals surface area contributed by atoms with Crippen LogP contribution in [0.25, 0.3) is 0 Å². The van der Waals surface area contributed by atoms with E-state index in [-0.39, 0.29) is 11.4 Å². The predicted molar refractivity (Wildman–Crippen MR) is 71.0 cm³/mol. The highest BCUT2D eigenvalue weighted by molar-refractivity contribution is 7.89. The first-order chi connectivity index (χ1) is 9.33. The predicted octanol–water partition coefficient (Wildman–Crippen LogP) is 1.40. The highest BCUT2D eigenvalue weighted by Gasteiger charge is 2.42. The zero-order valence-corrected chi connectivity index (χ0v) is 11.9. The van der Waals surface area contributed by atoms with Crippen molar-refractivity contribution >= 4 is 10.0 Å². The zero-order valence-electron chi connectivity index (χ0n) is 11.0. The molecule has 8 heteroatoms. The van der Waals surface area contributed by atoms with Gasteiger partial charge in [-0.3, -0.25) is 0 Å². The Bertz CT molecular complexity index is 593. The van der Waals surface area contributed by atoms with Crippen LogP contribution < -0.4 is 4.72 Å². The Labute approximate surface area is 117 Å². The molecule has 1 aromatic rings. The minimum absolute atomic E-state index is 0.0931. The summed E-state index contributed by atoms with van der Waals surface area (Å²) in [6.07, 6.45) is 1.74. The van der Waals surface area contributed by atoms with Crippen LogP contribution in [0.5, 0.6) is 0 Å². The molecule has 0 spiro atoms. The molecular formula is C12H16N2O5S. The molecule has 0 radical (unpaired) electrons. The smallest absolute Gasteiger partial charge is 0.295 e. The van der Waals surface area contributed by atoms with E-state index >= 15 is 0 Å². The minimum atomic E-state index is -3.67. The second-order valence-corrected chi connectivity index (χ2v) is 6.76. The van der Waals surface area contributed by atoms with Crippen molar-refractivity contribution in [3.63, 3.8) is 0 Å². The normalized spacial score (nSPS) is 17.2. The molecule has 0 heterocycles. The molecular weight excluding hydrogens is 284 g/mol. The van der Waals surface area contributed by atoms with Gasteiger partial charge in [-0.25, -0.2) is 13.1 Å². The molecule has 7 nitrogen and oxygen atoms in total. The summed E-state index contributed by atoms with van der Waals surface area (Å²) in [4.78, 5) is 15.2. The zero-order chi connectivity index (χ0) is 14.8. The summed E-state index contributed by atoms with van der Waals surface area (Å²) in [6, 6.07) is 6.39. The Kier molecular flexibility index (Phi) is 3.96. The van der Waals surface area contributed by atoms with E-state index in [4.69, 9.17) is 0 Å². The van der Waals surface area contributed by atoms with Crippen molar-refractivity contribution in [2.45, 2.75) is 36.7 Å². The Morgan fingerprint density at radius 3 is 2.40 bits per heavy atom. The highest BCUT2D eigenvalue weighted by atomic mass is 32.2. The van der Waals surface area contributed by atoms with Crippen molar-refractivity contribution in [2.75, 3.05) is 6.54 Å². The van der Waals surface area contributed by atoms with Crippen LogP contribution in [-0.4, -0.2) is 25.7 Å². The Morgan fingerprint density at radius 2 is 1.95 bits per heavy atom. The number of aryl methyl sites for hydroxylation is 1. The van der Waals surface area contributed by atoms with Crippen LogP contribution in [0.4, 0.5) is 0 Å². The van der Waals surface area contributed by atoms with Gasteiger partial charge in [0.2, 0.25) is 10.0 Å². The van der Waals surface area contributed by atoms with E-state index in [1.54, 1.807) is 12.1 Å². The second-order valence-electron chi connectivity index (χ2n) is 4.99. The first-order valence-corrected chi connectivity index (χ1v) is 7.71. The molecule has 0 unspecified atom stereocenters. The van der Waals surface area contributed by atoms with E-state index in [1.807, 2.05) is 6.92 Å². The van der Waals surface area contributed by atoms with Gasteiger partial charge in [0.15, 0.2) is 0 Å². The topological polar surface area (TPSA) is 98.5 Å². The van der Waals surface area contributed by atoms with Gasteiger partial charge in [0.1, 0.15) is 5.60 Å². The number of nitrogens with one attached hydrogen (secondary N) is 1. The lowest BCUT2D eigenvalue weighted by atomic mass is 9.80. The van der Waals surface area contributed by atoms with Gasteiger partial charge in [-0.05, 0) is 38.3 Å². The van der Waals surface area contributed by atoms with E-state index in [2.05, 4.69) is 9.56 Å². The van der Waals surface area contributed by atoms with E-state index in [0.29, 0.717) is 12.8 Å². The van der Waals surface area contributed by atoms with Crippen molar-refractivity contribution in [1.29, 1.82) is 0 Å². The van der Waals surface area contributed by atoms with Gasteiger partial charge < -0.3 is 4.84 Å². The van der Waals surface area contributed by atoms with E-state index < -0.39 is 20.7 Å². The van der Waals surface area contributed by atoms with Crippen molar-refractivity contribution in [2.24, 2.45) is 0 Å². The average Bonchev–Trinajstić information content (AvgIpc) is 2.32. The van der Waals surface area contributed by atoms with E-state index in [9.17, 15) is 18.5 Å². The molecule has 20 heavy (non-hydrogen) atoms. The molecule has 0 saturated heterocycles. The third-order valence-electron chi connectivity index (χ3n) is 3.45. The van der Waals surface area contributed by atoms with E-state index in [1.165, 1.54) is 12.1 Å². The average molecular weight is 300 g/mol. The van der Waals surface area contributed by atoms with Crippen molar-refractivity contribution in [3.8, 4) is 0 Å². The lowest BCUT2D eigenvalue weighted by molar-refractivity contribution is -0.784. The number of hydrogen-bond acceptors (Lipinski definition) is 5. The number of rotatable bonds is 6. The fourth-order valence-corrected chi connectivity index (χ4v) is 3.17. The molecule has 2 rings (SSSR count). The number of hydrogen-bond donors (Lipinski definition) is 1. The van der Waals surface area contributed by atoms with Gasteiger partial charge >= 0.3 is 0 Å². The van der Waals surface area contributed by atoms with Gasteiger partial charge in [0.05, 0.1) is 4.90 Å². The largest absolute Gasteiger partial charge is 0.306 e. The fourth-order valence-electron chi connectivity index (χ4n) is 2.06. The molecule has 1 aliphatic rings. The quantitative estimate of drug-likeness (QED) is 0.632. The van der Waals surface area contributed by atoms with Crippen molar-refractivity contribution in [3.05, 3.63) is 39.9 Å². The summed E-state index contributed by atoms with van der Waals surface area (Å²) in [5, 5.41) is 9.58. The molecule has 1 saturated carbocycles. The minimum Gasteiger partial charge on any atom is -0.306 e. The van der Waals surface area contributed by atoms with Gasteiger partial charge in [-0.1, -0.05) is 17.7 Å². The maximum atomic E-state index is 12.1. The second kappa shape index (κ2) is 5.37. The molecule has 1 aliphatic carbocycles. The van der Waals surface area contributed by atoms with Crippen LogP contribution in [0.2, 0.25) is 0 Å². The summed E-state index contributed by atoms with van der Waals surface area (Å²) in [6.45, 7) is 1.77. The fraction of sp³-hybridized carbons (Fsp3) is 0.500. The standard InChI is InChI=1S/C12H16N2O5S/c1-10-3-5-11(6-4-10)20(17,18)13-9-12(7-2-8-12)19-14(15)16/h3-6,13H,2,7-9H2,1H3. The number of sulfonamides is 1. The molecule has 1 N–H and O–H groups in total. The molecule has 1 fully saturated rings. The molecule has 110 valence electrons. The van der Waals surface area contributed by atoms with Crippen LogP contribution in [0.15, 0.2) is 29.2 Å². The number of benzene rings is 1. The Hall–Kier alpha value is -1.67. The lowest BCUT2D eigenvalue weighted by Gasteiger charge is -2.38. The van der Waals surface area contributed by atoms with Gasteiger partial charge in [-0.2, -0.15) is 0 Å². The summed E-state index contributed by atoms with van der Waals surface area (Å²) in [5.74, 6) is 0. The van der Waals surface area contributed by atoms with Gasteiger partial charge in [0.25, 0.3) is 5.09 Å². The SMILES string of the molecule is Cc1ccc(S(=O)(=O)NCC2(O[N+](=O)[O-])CCC2)cc1. The Morgan fingerprint density at radius 1 is 1.35 bits per heavy atom. The number of nitrogens with zero attached hydrogens (tertiary/aromatic N) is 1. The van der Waals surface area contributed by atoms with Crippen molar-refractivity contribution < 1.29 is 18.3 Å². The van der Waals surface area contributed by atoms with Crippen LogP contribution in [-0.2, 0) is 14.9 Å². The van der Waals surface area contributed by atoms with Crippen molar-refractivity contribution in [1.82, 2.24) is 4.72 Å². The van der Waals surface area contributed by atoms with Crippen LogP contribution in [0, 0.1) is 17.0 Å². The maximum Gasteiger partial charge on any atom is 0.295 e. The maximum absolute atomic E-state index is 12.1. The third kappa shape index (κ3) is 3.26. The van der Waals surface area contributed by atoms with Crippen LogP contribution in [0.3, 0.4) is 0 Å². The Balaban J connectivity index is 2.05. The molecule has 1 aromatic carbocycles. The summed E-state index contributed by atoms with van der Waals surface area (Å²) >= 11 is 0. The van der Waals surface area contributed by atoms with Gasteiger partial charge in [0, 0.05) is 6.54 Å². The first kappa shape index (κ1) is 14.7. The molecule has 0 bridgehead atoms. The first-order valence-electron chi connectivity index (χ1n) is 6.23. The summed E-state index contributed by atoms with van der Waals surface area (Å²) in [5.41, 5.74) is -0.0579. The summed E-state index contributed by atoms with van der Waals surface area (Å²) in [7, 11) is -3.67. The highest BCUT2D eigenvalue weighted by Crippen LogP contribution is 2.35. The molecule has 0 aromatic heterocycles. The van der Waals surface area contributed by atoms with Crippen LogP contribution >= 0.6 is 0 Å². The third-order valence-corrected chi connectivity index (χ3v) is 4.87. The molecule has 0 amide bonds. The molecule has 0 atom stereocenters. The monoisotopic (exact) mass is 300 g/mol. The van der Waals surface area contributed by atoms with E-state index in [0.717, 1.165) is 12.0 Å².